The van der Waals surface area contributed by atoms with Crippen LogP contribution in [0.15, 0.2) is 285 Å². The van der Waals surface area contributed by atoms with Gasteiger partial charge in [-0.2, -0.15) is 0 Å². The van der Waals surface area contributed by atoms with E-state index in [1.54, 1.807) is 0 Å². The minimum absolute atomic E-state index is 0.0318. The van der Waals surface area contributed by atoms with E-state index in [4.69, 9.17) is 0 Å². The minimum Gasteiger partial charge on any atom is -0.310 e. The van der Waals surface area contributed by atoms with E-state index in [9.17, 15) is 0 Å². The summed E-state index contributed by atoms with van der Waals surface area (Å²) < 4.78 is 0. The third-order valence-corrected chi connectivity index (χ3v) is 14.4. The molecule has 0 atom stereocenters. The van der Waals surface area contributed by atoms with Crippen molar-refractivity contribution in [1.29, 1.82) is 0 Å². The Kier molecular flexibility index (Phi) is 10.5. The molecule has 1 spiro atoms. The molecule has 2 aliphatic carbocycles. The number of hydrogen-bond acceptors (Lipinski definition) is 4. The van der Waals surface area contributed by atoms with Gasteiger partial charge in [-0.15, -0.1) is 0 Å². The number of rotatable bonds is 10. The monoisotopic (exact) mass is 921 g/mol. The molecular formula is C68H47N3O. The van der Waals surface area contributed by atoms with Gasteiger partial charge in [-0.25, -0.2) is 0 Å². The summed E-state index contributed by atoms with van der Waals surface area (Å²) in [7, 11) is 0. The average molecular weight is 922 g/mol. The molecule has 2 aliphatic rings. The van der Waals surface area contributed by atoms with E-state index in [1.165, 1.54) is 0 Å². The van der Waals surface area contributed by atoms with E-state index in [0.717, 1.165) is 101 Å². The summed E-state index contributed by atoms with van der Waals surface area (Å²) in [6, 6.07) is 100. The fraction of sp³-hybridized carbons (Fsp3) is 0.0147. The fourth-order valence-electron chi connectivity index (χ4n) is 11.2. The number of ketones is 1. The van der Waals surface area contributed by atoms with Crippen molar-refractivity contribution in [2.45, 2.75) is 5.41 Å². The molecule has 0 amide bonds. The average Bonchev–Trinajstić information content (AvgIpc) is 3.74. The SMILES string of the molecule is O=C1c2cc(N(c3ccccc3)c3ccccc3)ccc2-c2ccc(-c3ccccc3)cc2C12c1cc(N(c3ccccc3)c3ccccc3)ccc1-c1ccc(N(c3ccccc3)c3ccccc3)cc12. The Morgan fingerprint density at radius 3 is 0.889 bits per heavy atom. The molecule has 0 N–H and O–H groups in total. The smallest absolute Gasteiger partial charge is 0.183 e. The van der Waals surface area contributed by atoms with Crippen LogP contribution in [0.2, 0.25) is 0 Å². The predicted octanol–water partition coefficient (Wildman–Crippen LogP) is 17.9. The molecule has 0 bridgehead atoms. The predicted molar refractivity (Wildman–Crippen MR) is 297 cm³/mol. The molecule has 0 radical (unpaired) electrons. The van der Waals surface area contributed by atoms with Crippen molar-refractivity contribution in [2.24, 2.45) is 0 Å². The molecular weight excluding hydrogens is 875 g/mol. The summed E-state index contributed by atoms with van der Waals surface area (Å²) in [6.07, 6.45) is 0. The van der Waals surface area contributed by atoms with Gasteiger partial charge in [-0.05, 0) is 165 Å². The van der Waals surface area contributed by atoms with Crippen LogP contribution in [-0.2, 0) is 5.41 Å². The van der Waals surface area contributed by atoms with Crippen LogP contribution in [0, 0.1) is 0 Å². The maximum atomic E-state index is 17.2. The number of benzene rings is 11. The largest absolute Gasteiger partial charge is 0.310 e. The van der Waals surface area contributed by atoms with Gasteiger partial charge in [0.05, 0.1) is 0 Å². The lowest BCUT2D eigenvalue weighted by molar-refractivity contribution is 0.0935. The molecule has 0 heterocycles. The lowest BCUT2D eigenvalue weighted by Gasteiger charge is -2.39. The van der Waals surface area contributed by atoms with Gasteiger partial charge in [0.15, 0.2) is 5.78 Å². The first-order valence-corrected chi connectivity index (χ1v) is 24.5. The lowest BCUT2D eigenvalue weighted by atomic mass is 9.61. The molecule has 0 fully saturated rings. The highest BCUT2D eigenvalue weighted by Crippen LogP contribution is 2.61. The van der Waals surface area contributed by atoms with Crippen LogP contribution >= 0.6 is 0 Å². The van der Waals surface area contributed by atoms with Crippen molar-refractivity contribution < 1.29 is 4.79 Å². The summed E-state index contributed by atoms with van der Waals surface area (Å²) in [5.74, 6) is 0.0318. The first-order chi connectivity index (χ1) is 35.6. The van der Waals surface area contributed by atoms with Crippen LogP contribution < -0.4 is 14.7 Å². The summed E-state index contributed by atoms with van der Waals surface area (Å²) in [4.78, 5) is 24.1. The lowest BCUT2D eigenvalue weighted by Crippen LogP contribution is -2.40. The molecule has 11 aromatic rings. The first kappa shape index (κ1) is 42.6. The molecule has 340 valence electrons. The molecule has 4 heteroatoms. The second-order valence-corrected chi connectivity index (χ2v) is 18.4. The minimum atomic E-state index is -1.29. The number of para-hydroxylation sites is 6. The third-order valence-electron chi connectivity index (χ3n) is 14.4. The van der Waals surface area contributed by atoms with Crippen molar-refractivity contribution in [3.63, 3.8) is 0 Å². The zero-order valence-corrected chi connectivity index (χ0v) is 39.4. The zero-order chi connectivity index (χ0) is 48.0. The van der Waals surface area contributed by atoms with Gasteiger partial charge in [0.2, 0.25) is 0 Å². The van der Waals surface area contributed by atoms with Crippen molar-refractivity contribution in [2.75, 3.05) is 14.7 Å². The first-order valence-electron chi connectivity index (χ1n) is 24.5. The van der Waals surface area contributed by atoms with Gasteiger partial charge >= 0.3 is 0 Å². The fourth-order valence-corrected chi connectivity index (χ4v) is 11.2. The summed E-state index contributed by atoms with van der Waals surface area (Å²) in [5, 5.41) is 0. The van der Waals surface area contributed by atoms with Gasteiger partial charge in [0, 0.05) is 56.7 Å². The Morgan fingerprint density at radius 1 is 0.222 bits per heavy atom. The van der Waals surface area contributed by atoms with Crippen molar-refractivity contribution in [3.05, 3.63) is 307 Å². The normalized spacial score (nSPS) is 12.6. The molecule has 0 saturated heterocycles. The molecule has 4 nitrogen and oxygen atoms in total. The second kappa shape index (κ2) is 17.8. The number of carbonyl (C=O) groups is 1. The number of anilines is 9. The van der Waals surface area contributed by atoms with E-state index in [-0.39, 0.29) is 5.78 Å². The van der Waals surface area contributed by atoms with Gasteiger partial charge in [-0.3, -0.25) is 4.79 Å². The maximum absolute atomic E-state index is 17.2. The quantitative estimate of drug-likeness (QED) is 0.137. The number of carbonyl (C=O) groups excluding carboxylic acids is 1. The topological polar surface area (TPSA) is 26.8 Å². The number of nitrogens with zero attached hydrogens (tertiary/aromatic N) is 3. The summed E-state index contributed by atoms with van der Waals surface area (Å²) in [5.41, 5.74) is 17.3. The van der Waals surface area contributed by atoms with Crippen LogP contribution in [0.3, 0.4) is 0 Å². The Balaban J connectivity index is 1.12. The Hall–Kier alpha value is -9.51. The molecule has 0 aliphatic heterocycles. The van der Waals surface area contributed by atoms with Crippen LogP contribution in [0.5, 0.6) is 0 Å². The van der Waals surface area contributed by atoms with Gasteiger partial charge in [0.25, 0.3) is 0 Å². The van der Waals surface area contributed by atoms with E-state index in [0.29, 0.717) is 5.56 Å². The van der Waals surface area contributed by atoms with Gasteiger partial charge in [0.1, 0.15) is 5.41 Å². The number of Topliss-reactive ketones (excluding diaryl/α,β-unsaturated/α-hetero) is 1. The highest BCUT2D eigenvalue weighted by Gasteiger charge is 2.55. The Bertz CT molecular complexity index is 3500. The van der Waals surface area contributed by atoms with Crippen molar-refractivity contribution >= 4 is 57.0 Å². The highest BCUT2D eigenvalue weighted by molar-refractivity contribution is 6.21. The van der Waals surface area contributed by atoms with Crippen LogP contribution in [0.25, 0.3) is 33.4 Å². The maximum Gasteiger partial charge on any atom is 0.183 e. The number of fused-ring (bicyclic) bond motifs is 9. The Labute approximate surface area is 420 Å². The standard InChI is InChI=1S/C68H47N3O/c72-67-63-45-56(69(50-24-10-2-11-25-50)51-26-12-3-13-27-51)37-41-59(63)60-40-36-49(48-22-8-1-9-23-48)44-64(60)68(67)65-46-57(70(52-28-14-4-15-29-52)53-30-16-5-17-31-53)38-42-61(65)62-43-39-58(47-66(62)68)71(54-32-18-6-19-33-54)55-34-20-7-21-35-55/h1-47H. The third kappa shape index (κ3) is 7.03. The van der Waals surface area contributed by atoms with Crippen LogP contribution in [0.4, 0.5) is 51.2 Å². The van der Waals surface area contributed by atoms with E-state index >= 15 is 4.79 Å². The van der Waals surface area contributed by atoms with Crippen LogP contribution in [0.1, 0.15) is 27.0 Å². The molecule has 0 saturated carbocycles. The van der Waals surface area contributed by atoms with Gasteiger partial charge < -0.3 is 14.7 Å². The zero-order valence-electron chi connectivity index (χ0n) is 39.4. The van der Waals surface area contributed by atoms with E-state index in [1.807, 2.05) is 12.1 Å². The van der Waals surface area contributed by atoms with E-state index < -0.39 is 5.41 Å². The van der Waals surface area contributed by atoms with Crippen molar-refractivity contribution in [3.8, 4) is 33.4 Å². The van der Waals surface area contributed by atoms with Crippen molar-refractivity contribution in [1.82, 2.24) is 0 Å². The molecule has 72 heavy (non-hydrogen) atoms. The number of hydrogen-bond donors (Lipinski definition) is 0. The molecule has 13 rings (SSSR count). The van der Waals surface area contributed by atoms with Gasteiger partial charge in [-0.1, -0.05) is 170 Å². The summed E-state index contributed by atoms with van der Waals surface area (Å²) in [6.45, 7) is 0. The second-order valence-electron chi connectivity index (χ2n) is 18.4. The van der Waals surface area contributed by atoms with E-state index in [2.05, 4.69) is 288 Å². The van der Waals surface area contributed by atoms with Crippen LogP contribution in [-0.4, -0.2) is 5.78 Å². The molecule has 0 unspecified atom stereocenters. The molecule has 0 aromatic heterocycles. The Morgan fingerprint density at radius 2 is 0.514 bits per heavy atom. The highest BCUT2D eigenvalue weighted by atomic mass is 16.1. The molecule has 11 aromatic carbocycles. The summed E-state index contributed by atoms with van der Waals surface area (Å²) >= 11 is 0.